The third-order valence-corrected chi connectivity index (χ3v) is 7.38. The lowest BCUT2D eigenvalue weighted by Crippen LogP contribution is -2.33. The van der Waals surface area contributed by atoms with Gasteiger partial charge in [0.2, 0.25) is 5.95 Å². The molecule has 5 nitrogen and oxygen atoms in total. The van der Waals surface area contributed by atoms with Crippen LogP contribution in [0.3, 0.4) is 0 Å². The van der Waals surface area contributed by atoms with Gasteiger partial charge < -0.3 is 10.2 Å². The van der Waals surface area contributed by atoms with Crippen molar-refractivity contribution in [2.45, 2.75) is 56.7 Å². The molecule has 0 bridgehead atoms. The van der Waals surface area contributed by atoms with Gasteiger partial charge in [-0.15, -0.1) is 0 Å². The molecule has 1 saturated heterocycles. The van der Waals surface area contributed by atoms with E-state index in [0.717, 1.165) is 69.3 Å². The molecular formula is C28H28F4N4O. The van der Waals surface area contributed by atoms with Gasteiger partial charge in [-0.2, -0.15) is 13.2 Å². The maximum absolute atomic E-state index is 13.9. The number of benzene rings is 2. The number of aromatic nitrogens is 2. The number of hydrogen-bond donors (Lipinski definition) is 1. The van der Waals surface area contributed by atoms with Crippen LogP contribution in [0.2, 0.25) is 0 Å². The molecule has 0 spiro atoms. The Hall–Kier alpha value is -3.49. The first kappa shape index (κ1) is 25.2. The molecule has 1 amide bonds. The van der Waals surface area contributed by atoms with Crippen molar-refractivity contribution < 1.29 is 22.4 Å². The number of anilines is 1. The number of nitrogens with zero attached hydrogens (tertiary/aromatic N) is 3. The molecule has 5 rings (SSSR count). The van der Waals surface area contributed by atoms with Crippen molar-refractivity contribution in [2.24, 2.45) is 0 Å². The molecule has 2 aliphatic rings. The predicted octanol–water partition coefficient (Wildman–Crippen LogP) is 6.02. The number of rotatable bonds is 6. The summed E-state index contributed by atoms with van der Waals surface area (Å²) in [6.07, 6.45) is 2.58. The fourth-order valence-electron chi connectivity index (χ4n) is 5.56. The second kappa shape index (κ2) is 10.1. The zero-order valence-corrected chi connectivity index (χ0v) is 20.3. The molecule has 1 N–H and O–H groups in total. The number of alkyl halides is 3. The van der Waals surface area contributed by atoms with Gasteiger partial charge in [-0.1, -0.05) is 43.2 Å². The van der Waals surface area contributed by atoms with Crippen molar-refractivity contribution in [2.75, 3.05) is 18.0 Å². The highest BCUT2D eigenvalue weighted by Gasteiger charge is 2.42. The topological polar surface area (TPSA) is 58.1 Å². The van der Waals surface area contributed by atoms with Gasteiger partial charge in [0.1, 0.15) is 5.82 Å². The van der Waals surface area contributed by atoms with Crippen molar-refractivity contribution in [3.05, 3.63) is 88.5 Å². The molecule has 1 aliphatic carbocycles. The summed E-state index contributed by atoms with van der Waals surface area (Å²) in [5, 5.41) is 2.68. The summed E-state index contributed by atoms with van der Waals surface area (Å²) in [4.78, 5) is 25.0. The molecule has 2 heterocycles. The third-order valence-electron chi connectivity index (χ3n) is 7.38. The molecule has 2 aromatic carbocycles. The lowest BCUT2D eigenvalue weighted by atomic mass is 9.74. The van der Waals surface area contributed by atoms with Crippen LogP contribution in [0, 0.1) is 5.82 Å². The minimum Gasteiger partial charge on any atom is -0.348 e. The zero-order valence-electron chi connectivity index (χ0n) is 20.3. The molecule has 1 saturated carbocycles. The molecule has 2 fully saturated rings. The van der Waals surface area contributed by atoms with E-state index < -0.39 is 28.9 Å². The van der Waals surface area contributed by atoms with Crippen molar-refractivity contribution >= 4 is 11.9 Å². The summed E-state index contributed by atoms with van der Waals surface area (Å²) in [6, 6.07) is 12.3. The highest BCUT2D eigenvalue weighted by atomic mass is 19.4. The van der Waals surface area contributed by atoms with E-state index in [9.17, 15) is 22.4 Å². The summed E-state index contributed by atoms with van der Waals surface area (Å²) in [6.45, 7) is 1.44. The van der Waals surface area contributed by atoms with Crippen molar-refractivity contribution in [1.29, 1.82) is 0 Å². The normalized spacial score (nSPS) is 17.2. The molecule has 194 valence electrons. The van der Waals surface area contributed by atoms with E-state index in [-0.39, 0.29) is 12.1 Å². The minimum atomic E-state index is -4.68. The molecule has 0 unspecified atom stereocenters. The van der Waals surface area contributed by atoms with Crippen molar-refractivity contribution in [3.8, 4) is 0 Å². The monoisotopic (exact) mass is 512 g/mol. The predicted molar refractivity (Wildman–Crippen MR) is 132 cm³/mol. The first-order valence-electron chi connectivity index (χ1n) is 12.6. The Balaban J connectivity index is 1.50. The SMILES string of the molecule is O=C(NCc1cc(F)cc(C(F)(F)F)c1)c1cnc(N2CCCC2)nc1C1(c2ccccc2)CCCC1. The number of amides is 1. The van der Waals surface area contributed by atoms with E-state index in [1.807, 2.05) is 18.2 Å². The highest BCUT2D eigenvalue weighted by Crippen LogP contribution is 2.47. The number of carbonyl (C=O) groups is 1. The third kappa shape index (κ3) is 5.17. The Bertz CT molecular complexity index is 1270. The molecule has 0 radical (unpaired) electrons. The van der Waals surface area contributed by atoms with Crippen LogP contribution in [0.5, 0.6) is 0 Å². The Kier molecular flexibility index (Phi) is 6.88. The largest absolute Gasteiger partial charge is 0.416 e. The van der Waals surface area contributed by atoms with Gasteiger partial charge in [-0.05, 0) is 55.0 Å². The van der Waals surface area contributed by atoms with E-state index in [1.54, 1.807) is 0 Å². The summed E-state index contributed by atoms with van der Waals surface area (Å²) >= 11 is 0. The maximum atomic E-state index is 13.9. The highest BCUT2D eigenvalue weighted by molar-refractivity contribution is 5.95. The van der Waals surface area contributed by atoms with Gasteiger partial charge in [0.05, 0.1) is 16.8 Å². The van der Waals surface area contributed by atoms with E-state index in [2.05, 4.69) is 27.3 Å². The lowest BCUT2D eigenvalue weighted by molar-refractivity contribution is -0.137. The quantitative estimate of drug-likeness (QED) is 0.410. The van der Waals surface area contributed by atoms with Gasteiger partial charge in [0.25, 0.3) is 5.91 Å². The van der Waals surface area contributed by atoms with Crippen molar-refractivity contribution in [1.82, 2.24) is 15.3 Å². The summed E-state index contributed by atoms with van der Waals surface area (Å²) in [7, 11) is 0. The van der Waals surface area contributed by atoms with Gasteiger partial charge in [-0.25, -0.2) is 14.4 Å². The second-order valence-corrected chi connectivity index (χ2v) is 9.81. The van der Waals surface area contributed by atoms with Gasteiger partial charge in [0, 0.05) is 31.2 Å². The number of hydrogen-bond acceptors (Lipinski definition) is 4. The summed E-state index contributed by atoms with van der Waals surface area (Å²) < 4.78 is 53.3. The Morgan fingerprint density at radius 1 is 1.00 bits per heavy atom. The van der Waals surface area contributed by atoms with E-state index in [1.165, 1.54) is 6.20 Å². The number of nitrogens with one attached hydrogen (secondary N) is 1. The van der Waals surface area contributed by atoms with E-state index in [0.29, 0.717) is 23.3 Å². The molecule has 9 heteroatoms. The summed E-state index contributed by atoms with van der Waals surface area (Å²) in [5.74, 6) is -0.916. The zero-order chi connectivity index (χ0) is 26.0. The Morgan fingerprint density at radius 2 is 1.70 bits per heavy atom. The Morgan fingerprint density at radius 3 is 2.38 bits per heavy atom. The van der Waals surface area contributed by atoms with E-state index >= 15 is 0 Å². The van der Waals surface area contributed by atoms with Crippen LogP contribution in [0.1, 0.15) is 71.3 Å². The van der Waals surface area contributed by atoms with Crippen LogP contribution < -0.4 is 10.2 Å². The molecule has 0 atom stereocenters. The average molecular weight is 513 g/mol. The second-order valence-electron chi connectivity index (χ2n) is 9.81. The minimum absolute atomic E-state index is 0.0236. The van der Waals surface area contributed by atoms with Crippen LogP contribution >= 0.6 is 0 Å². The molecule has 37 heavy (non-hydrogen) atoms. The van der Waals surface area contributed by atoms with Gasteiger partial charge in [0.15, 0.2) is 0 Å². The van der Waals surface area contributed by atoms with Crippen molar-refractivity contribution in [3.63, 3.8) is 0 Å². The smallest absolute Gasteiger partial charge is 0.348 e. The fourth-order valence-corrected chi connectivity index (χ4v) is 5.56. The van der Waals surface area contributed by atoms with Gasteiger partial charge in [-0.3, -0.25) is 4.79 Å². The number of halogens is 4. The van der Waals surface area contributed by atoms with Crippen LogP contribution in [-0.4, -0.2) is 29.0 Å². The maximum Gasteiger partial charge on any atom is 0.416 e. The molecule has 3 aromatic rings. The first-order chi connectivity index (χ1) is 17.8. The standard InChI is InChI=1S/C28H28F4N4O/c29-22-15-19(14-21(16-22)28(30,31)32)17-33-25(37)23-18-34-26(36-12-6-7-13-36)35-24(23)27(10-4-5-11-27)20-8-2-1-3-9-20/h1-3,8-9,14-16,18H,4-7,10-13,17H2,(H,33,37). The van der Waals surface area contributed by atoms with E-state index in [4.69, 9.17) is 4.98 Å². The first-order valence-corrected chi connectivity index (χ1v) is 12.6. The lowest BCUT2D eigenvalue weighted by Gasteiger charge is -2.31. The molecule has 1 aliphatic heterocycles. The summed E-state index contributed by atoms with van der Waals surface area (Å²) in [5.41, 5.74) is 0.475. The molecular weight excluding hydrogens is 484 g/mol. The van der Waals surface area contributed by atoms with Crippen LogP contribution in [0.15, 0.2) is 54.7 Å². The Labute approximate surface area is 212 Å². The average Bonchev–Trinajstić information content (AvgIpc) is 3.60. The molecule has 1 aromatic heterocycles. The van der Waals surface area contributed by atoms with Crippen LogP contribution in [0.4, 0.5) is 23.5 Å². The van der Waals surface area contributed by atoms with Gasteiger partial charge >= 0.3 is 6.18 Å². The fraction of sp³-hybridized carbons (Fsp3) is 0.393. The van der Waals surface area contributed by atoms with Crippen LogP contribution in [0.25, 0.3) is 0 Å². The van der Waals surface area contributed by atoms with Crippen LogP contribution in [-0.2, 0) is 18.1 Å². The number of carbonyl (C=O) groups excluding carboxylic acids is 1.